The second-order valence-corrected chi connectivity index (χ2v) is 6.52. The number of carbonyl (C=O) groups is 1. The quantitative estimate of drug-likeness (QED) is 0.651. The highest BCUT2D eigenvalue weighted by Crippen LogP contribution is 2.30. The standard InChI is InChI=1S/C19H21F2N5O2/c1-13(4-3-7-25-11-17(12-28-2)23-24-25)19(27)26-18(5-6-22-26)14-8-15(20)10-16(21)9-14/h6,8-11,18H,1,3-5,7,12H2,2H3. The van der Waals surface area contributed by atoms with Gasteiger partial charge in [-0.05, 0) is 30.5 Å². The van der Waals surface area contributed by atoms with Gasteiger partial charge in [0, 0.05) is 37.9 Å². The minimum Gasteiger partial charge on any atom is -0.378 e. The SMILES string of the molecule is C=C(CCCn1cc(COC)nn1)C(=O)N1N=CCC1c1cc(F)cc(F)c1. The fourth-order valence-corrected chi connectivity index (χ4v) is 3.04. The number of hydrogen-bond donors (Lipinski definition) is 0. The summed E-state index contributed by atoms with van der Waals surface area (Å²) in [5, 5.41) is 13.3. The van der Waals surface area contributed by atoms with Gasteiger partial charge in [0.05, 0.1) is 18.8 Å². The van der Waals surface area contributed by atoms with Crippen molar-refractivity contribution >= 4 is 12.1 Å². The van der Waals surface area contributed by atoms with Gasteiger partial charge in [0.25, 0.3) is 5.91 Å². The van der Waals surface area contributed by atoms with Crippen molar-refractivity contribution in [3.8, 4) is 0 Å². The molecule has 7 nitrogen and oxygen atoms in total. The maximum atomic E-state index is 13.5. The number of ether oxygens (including phenoxy) is 1. The molecule has 3 rings (SSSR count). The second kappa shape index (κ2) is 8.83. The number of hydrazone groups is 1. The zero-order valence-corrected chi connectivity index (χ0v) is 15.5. The van der Waals surface area contributed by atoms with Gasteiger partial charge >= 0.3 is 0 Å². The van der Waals surface area contributed by atoms with Crippen LogP contribution in [0.4, 0.5) is 8.78 Å². The average molecular weight is 389 g/mol. The molecule has 0 N–H and O–H groups in total. The second-order valence-electron chi connectivity index (χ2n) is 6.52. The molecule has 0 saturated heterocycles. The van der Waals surface area contributed by atoms with E-state index < -0.39 is 17.7 Å². The fraction of sp³-hybridized carbons (Fsp3) is 0.368. The van der Waals surface area contributed by atoms with Gasteiger partial charge in [0.1, 0.15) is 17.3 Å². The molecule has 1 atom stereocenters. The van der Waals surface area contributed by atoms with Crippen molar-refractivity contribution in [3.63, 3.8) is 0 Å². The highest BCUT2D eigenvalue weighted by Gasteiger charge is 2.30. The van der Waals surface area contributed by atoms with E-state index in [1.807, 2.05) is 0 Å². The maximum Gasteiger partial charge on any atom is 0.269 e. The van der Waals surface area contributed by atoms with Crippen molar-refractivity contribution in [2.45, 2.75) is 38.5 Å². The molecule has 28 heavy (non-hydrogen) atoms. The highest BCUT2D eigenvalue weighted by atomic mass is 19.1. The normalized spacial score (nSPS) is 16.0. The number of carbonyl (C=O) groups excluding carboxylic acids is 1. The number of rotatable bonds is 8. The first-order valence-electron chi connectivity index (χ1n) is 8.85. The van der Waals surface area contributed by atoms with E-state index in [0.717, 1.165) is 11.8 Å². The number of hydrogen-bond acceptors (Lipinski definition) is 5. The molecule has 0 fully saturated rings. The Morgan fingerprint density at radius 2 is 2.07 bits per heavy atom. The van der Waals surface area contributed by atoms with Gasteiger partial charge in [-0.25, -0.2) is 13.8 Å². The monoisotopic (exact) mass is 389 g/mol. The third-order valence-corrected chi connectivity index (χ3v) is 4.35. The summed E-state index contributed by atoms with van der Waals surface area (Å²) >= 11 is 0. The Bertz CT molecular complexity index is 876. The maximum absolute atomic E-state index is 13.5. The Balaban J connectivity index is 1.57. The summed E-state index contributed by atoms with van der Waals surface area (Å²) < 4.78 is 33.7. The van der Waals surface area contributed by atoms with Gasteiger partial charge in [0.15, 0.2) is 0 Å². The van der Waals surface area contributed by atoms with Crippen molar-refractivity contribution < 1.29 is 18.3 Å². The first-order chi connectivity index (χ1) is 13.5. The van der Waals surface area contributed by atoms with E-state index in [9.17, 15) is 13.6 Å². The van der Waals surface area contributed by atoms with E-state index in [2.05, 4.69) is 22.0 Å². The van der Waals surface area contributed by atoms with E-state index in [0.29, 0.717) is 43.6 Å². The molecule has 2 aromatic rings. The lowest BCUT2D eigenvalue weighted by Gasteiger charge is -2.23. The van der Waals surface area contributed by atoms with Gasteiger partial charge < -0.3 is 4.74 Å². The van der Waals surface area contributed by atoms with Gasteiger partial charge in [-0.3, -0.25) is 9.48 Å². The smallest absolute Gasteiger partial charge is 0.269 e. The van der Waals surface area contributed by atoms with Crippen LogP contribution in [0.25, 0.3) is 0 Å². The zero-order chi connectivity index (χ0) is 20.1. The summed E-state index contributed by atoms with van der Waals surface area (Å²) in [6.45, 7) is 4.81. The molecule has 0 spiro atoms. The molecular weight excluding hydrogens is 368 g/mol. The van der Waals surface area contributed by atoms with Crippen LogP contribution in [-0.4, -0.2) is 39.2 Å². The lowest BCUT2D eigenvalue weighted by molar-refractivity contribution is -0.129. The van der Waals surface area contributed by atoms with E-state index >= 15 is 0 Å². The molecule has 1 aromatic heterocycles. The van der Waals surface area contributed by atoms with E-state index in [1.54, 1.807) is 24.2 Å². The summed E-state index contributed by atoms with van der Waals surface area (Å²) in [5.74, 6) is -1.73. The molecule has 1 aliphatic heterocycles. The third kappa shape index (κ3) is 4.66. The Labute approximate surface area is 161 Å². The molecule has 0 saturated carbocycles. The zero-order valence-electron chi connectivity index (χ0n) is 15.5. The van der Waals surface area contributed by atoms with Gasteiger partial charge in [-0.15, -0.1) is 5.10 Å². The van der Waals surface area contributed by atoms with Crippen LogP contribution in [0.2, 0.25) is 0 Å². The number of amides is 1. The Kier molecular flexibility index (Phi) is 6.25. The molecule has 0 radical (unpaired) electrons. The predicted octanol–water partition coefficient (Wildman–Crippen LogP) is 3.00. The summed E-state index contributed by atoms with van der Waals surface area (Å²) in [5.41, 5.74) is 1.47. The first kappa shape index (κ1) is 19.8. The van der Waals surface area contributed by atoms with Gasteiger partial charge in [-0.2, -0.15) is 5.10 Å². The molecule has 1 unspecified atom stereocenters. The molecule has 1 aliphatic rings. The molecular formula is C19H21F2N5O2. The lowest BCUT2D eigenvalue weighted by atomic mass is 10.0. The summed E-state index contributed by atoms with van der Waals surface area (Å²) in [6.07, 6.45) is 4.81. The predicted molar refractivity (Wildman–Crippen MR) is 98.2 cm³/mol. The summed E-state index contributed by atoms with van der Waals surface area (Å²) in [6, 6.07) is 2.69. The Morgan fingerprint density at radius 3 is 2.79 bits per heavy atom. The fourth-order valence-electron chi connectivity index (χ4n) is 3.04. The molecule has 1 amide bonds. The van der Waals surface area contributed by atoms with E-state index in [-0.39, 0.29) is 5.91 Å². The molecule has 1 aromatic carbocycles. The molecule has 2 heterocycles. The highest BCUT2D eigenvalue weighted by molar-refractivity contribution is 5.94. The Morgan fingerprint density at radius 1 is 1.32 bits per heavy atom. The van der Waals surface area contributed by atoms with E-state index in [1.165, 1.54) is 17.1 Å². The number of nitrogens with zero attached hydrogens (tertiary/aromatic N) is 5. The van der Waals surface area contributed by atoms with Crippen molar-refractivity contribution in [3.05, 3.63) is 59.4 Å². The van der Waals surface area contributed by atoms with Crippen molar-refractivity contribution in [1.82, 2.24) is 20.0 Å². The van der Waals surface area contributed by atoms with Crippen LogP contribution in [0.5, 0.6) is 0 Å². The lowest BCUT2D eigenvalue weighted by Crippen LogP contribution is -2.28. The average Bonchev–Trinajstić information content (AvgIpc) is 3.30. The van der Waals surface area contributed by atoms with Crippen LogP contribution in [0, 0.1) is 11.6 Å². The van der Waals surface area contributed by atoms with Crippen molar-refractivity contribution in [1.29, 1.82) is 0 Å². The van der Waals surface area contributed by atoms with Crippen LogP contribution < -0.4 is 0 Å². The topological polar surface area (TPSA) is 72.6 Å². The number of benzene rings is 1. The Hall–Kier alpha value is -2.94. The largest absolute Gasteiger partial charge is 0.378 e. The van der Waals surface area contributed by atoms with Crippen LogP contribution >= 0.6 is 0 Å². The molecule has 0 bridgehead atoms. The third-order valence-electron chi connectivity index (χ3n) is 4.35. The number of aromatic nitrogens is 3. The number of halogens is 2. The molecule has 148 valence electrons. The summed E-state index contributed by atoms with van der Waals surface area (Å²) in [7, 11) is 1.58. The van der Waals surface area contributed by atoms with Gasteiger partial charge in [-0.1, -0.05) is 11.8 Å². The summed E-state index contributed by atoms with van der Waals surface area (Å²) in [4.78, 5) is 12.7. The van der Waals surface area contributed by atoms with E-state index in [4.69, 9.17) is 4.74 Å². The first-order valence-corrected chi connectivity index (χ1v) is 8.85. The van der Waals surface area contributed by atoms with Crippen LogP contribution in [0.15, 0.2) is 41.6 Å². The molecule has 0 aliphatic carbocycles. The number of aryl methyl sites for hydroxylation is 1. The molecule has 9 heteroatoms. The van der Waals surface area contributed by atoms with Crippen molar-refractivity contribution in [2.24, 2.45) is 5.10 Å². The minimum absolute atomic E-state index is 0.359. The van der Waals surface area contributed by atoms with Crippen LogP contribution in [-0.2, 0) is 22.7 Å². The van der Waals surface area contributed by atoms with Gasteiger partial charge in [0.2, 0.25) is 0 Å². The number of methoxy groups -OCH3 is 1. The van der Waals surface area contributed by atoms with Crippen LogP contribution in [0.3, 0.4) is 0 Å². The van der Waals surface area contributed by atoms with Crippen LogP contribution in [0.1, 0.15) is 36.6 Å². The van der Waals surface area contributed by atoms with Crippen molar-refractivity contribution in [2.75, 3.05) is 7.11 Å². The minimum atomic E-state index is -0.686.